The van der Waals surface area contributed by atoms with Gasteiger partial charge >= 0.3 is 13.8 Å². The summed E-state index contributed by atoms with van der Waals surface area (Å²) in [7, 11) is 0.576. The molecule has 0 aliphatic carbocycles. The fourth-order valence-electron chi connectivity index (χ4n) is 1.13. The summed E-state index contributed by atoms with van der Waals surface area (Å²) in [6, 6.07) is 6.59. The average molecular weight is 236 g/mol. The Balaban J connectivity index is 2.62. The lowest BCUT2D eigenvalue weighted by Gasteiger charge is -2.19. The molecule has 1 amide bonds. The second-order valence-corrected chi connectivity index (χ2v) is 4.38. The first-order valence-electron chi connectivity index (χ1n) is 5.13. The predicted molar refractivity (Wildman–Crippen MR) is 64.9 cm³/mol. The molecule has 0 spiro atoms. The third-order valence-corrected chi connectivity index (χ3v) is 1.67. The monoisotopic (exact) mass is 236 g/mol. The molecule has 0 aromatic heterocycles. The number of hydrogen-bond acceptors (Lipinski definition) is 4. The maximum atomic E-state index is 11.5. The second kappa shape index (κ2) is 5.59. The van der Waals surface area contributed by atoms with Crippen molar-refractivity contribution in [2.75, 3.05) is 5.32 Å². The van der Waals surface area contributed by atoms with E-state index in [-0.39, 0.29) is 0 Å². The minimum atomic E-state index is -0.545. The van der Waals surface area contributed by atoms with Crippen LogP contribution in [0.1, 0.15) is 20.8 Å². The van der Waals surface area contributed by atoms with Gasteiger partial charge in [0.15, 0.2) is 0 Å². The van der Waals surface area contributed by atoms with Crippen LogP contribution in [0.25, 0.3) is 0 Å². The summed E-state index contributed by atoms with van der Waals surface area (Å²) in [6.07, 6.45) is -0.539. The second-order valence-electron chi connectivity index (χ2n) is 4.38. The summed E-state index contributed by atoms with van der Waals surface area (Å²) in [5.41, 5.74) is -0.0181. The van der Waals surface area contributed by atoms with Crippen LogP contribution in [0.5, 0.6) is 5.75 Å². The van der Waals surface area contributed by atoms with Crippen molar-refractivity contribution in [2.24, 2.45) is 0 Å². The topological polar surface area (TPSA) is 67.8 Å². The summed E-state index contributed by atoms with van der Waals surface area (Å²) >= 11 is 0. The maximum Gasteiger partial charge on any atom is 0.569 e. The molecule has 1 radical (unpaired) electrons. The van der Waals surface area contributed by atoms with Crippen molar-refractivity contribution in [2.45, 2.75) is 26.4 Å². The number of rotatable bonds is 3. The van der Waals surface area contributed by atoms with Gasteiger partial charge in [0.1, 0.15) is 11.4 Å². The number of ether oxygens (including phenoxy) is 1. The molecule has 0 saturated carbocycles. The van der Waals surface area contributed by atoms with Crippen LogP contribution < -0.4 is 9.97 Å². The van der Waals surface area contributed by atoms with Gasteiger partial charge in [-0.05, 0) is 32.9 Å². The number of amides is 1. The van der Waals surface area contributed by atoms with Gasteiger partial charge in [0.25, 0.3) is 0 Å². The Morgan fingerprint density at radius 1 is 1.41 bits per heavy atom. The lowest BCUT2D eigenvalue weighted by molar-refractivity contribution is 0.0636. The lowest BCUT2D eigenvalue weighted by atomic mass is 10.2. The van der Waals surface area contributed by atoms with E-state index in [4.69, 9.17) is 14.4 Å². The zero-order chi connectivity index (χ0) is 12.9. The molecule has 1 aromatic rings. The van der Waals surface area contributed by atoms with Gasteiger partial charge in [-0.3, -0.25) is 5.32 Å². The van der Waals surface area contributed by atoms with Crippen molar-refractivity contribution in [1.82, 2.24) is 0 Å². The molecule has 0 aliphatic heterocycles. The average Bonchev–Trinajstić information content (AvgIpc) is 2.15. The van der Waals surface area contributed by atoms with Crippen molar-refractivity contribution in [3.8, 4) is 5.75 Å². The Labute approximate surface area is 101 Å². The van der Waals surface area contributed by atoms with E-state index >= 15 is 0 Å². The van der Waals surface area contributed by atoms with Crippen LogP contribution in [-0.2, 0) is 4.74 Å². The largest absolute Gasteiger partial charge is 0.569 e. The smallest absolute Gasteiger partial charge is 0.537 e. The number of anilines is 1. The van der Waals surface area contributed by atoms with Crippen LogP contribution in [0.2, 0.25) is 0 Å². The molecule has 0 atom stereocenters. The van der Waals surface area contributed by atoms with Gasteiger partial charge in [-0.25, -0.2) is 4.79 Å². The summed E-state index contributed by atoms with van der Waals surface area (Å²) in [5, 5.41) is 11.0. The Kier molecular flexibility index (Phi) is 4.40. The Morgan fingerprint density at radius 2 is 2.12 bits per heavy atom. The maximum absolute atomic E-state index is 11.5. The fraction of sp³-hybridized carbons (Fsp3) is 0.364. The van der Waals surface area contributed by atoms with Crippen molar-refractivity contribution in [1.29, 1.82) is 0 Å². The van der Waals surface area contributed by atoms with Crippen LogP contribution in [0.15, 0.2) is 24.3 Å². The molecular weight excluding hydrogens is 221 g/mol. The van der Waals surface area contributed by atoms with Gasteiger partial charge in [0, 0.05) is 11.8 Å². The van der Waals surface area contributed by atoms with Gasteiger partial charge in [0.2, 0.25) is 0 Å². The van der Waals surface area contributed by atoms with E-state index in [1.54, 1.807) is 45.0 Å². The molecule has 1 aromatic carbocycles. The molecule has 0 aliphatic rings. The highest BCUT2D eigenvalue weighted by molar-refractivity contribution is 6.17. The van der Waals surface area contributed by atoms with Crippen LogP contribution in [0, 0.1) is 0 Å². The van der Waals surface area contributed by atoms with Crippen molar-refractivity contribution < 1.29 is 19.2 Å². The number of nitrogens with one attached hydrogen (secondary N) is 1. The Bertz CT molecular complexity index is 389. The van der Waals surface area contributed by atoms with Gasteiger partial charge in [-0.2, -0.15) is 0 Å². The third-order valence-electron chi connectivity index (χ3n) is 1.67. The van der Waals surface area contributed by atoms with Gasteiger partial charge in [-0.15, -0.1) is 0 Å². The lowest BCUT2D eigenvalue weighted by Crippen LogP contribution is -2.27. The summed E-state index contributed by atoms with van der Waals surface area (Å²) < 4.78 is 9.86. The van der Waals surface area contributed by atoms with E-state index < -0.39 is 11.7 Å². The van der Waals surface area contributed by atoms with Crippen LogP contribution in [0.4, 0.5) is 10.5 Å². The zero-order valence-corrected chi connectivity index (χ0v) is 10.1. The number of hydrogen-bond donors (Lipinski definition) is 2. The van der Waals surface area contributed by atoms with E-state index in [1.807, 2.05) is 0 Å². The van der Waals surface area contributed by atoms with Gasteiger partial charge in [-0.1, -0.05) is 6.07 Å². The first-order chi connectivity index (χ1) is 7.90. The highest BCUT2D eigenvalue weighted by atomic mass is 16.6. The van der Waals surface area contributed by atoms with Gasteiger partial charge in [0.05, 0.1) is 0 Å². The molecule has 91 valence electrons. The standard InChI is InChI=1S/C11H15BNO4/c1-11(2,3)16-10(14)13-8-5-4-6-9(7-8)17-12-15/h4-7,15H,1-3H3,(H,13,14). The molecule has 0 bridgehead atoms. The summed E-state index contributed by atoms with van der Waals surface area (Å²) in [6.45, 7) is 5.35. The predicted octanol–water partition coefficient (Wildman–Crippen LogP) is 1.94. The number of carbonyl (C=O) groups excluding carboxylic acids is 1. The molecule has 1 rings (SSSR count). The quantitative estimate of drug-likeness (QED) is 0.787. The first-order valence-corrected chi connectivity index (χ1v) is 5.13. The highest BCUT2D eigenvalue weighted by Gasteiger charge is 2.16. The van der Waals surface area contributed by atoms with E-state index in [0.717, 1.165) is 0 Å². The molecule has 5 nitrogen and oxygen atoms in total. The Hall–Kier alpha value is -1.69. The number of benzene rings is 1. The molecule has 0 unspecified atom stereocenters. The molecule has 0 saturated heterocycles. The fourth-order valence-corrected chi connectivity index (χ4v) is 1.13. The minimum Gasteiger partial charge on any atom is -0.537 e. The van der Waals surface area contributed by atoms with Crippen LogP contribution >= 0.6 is 0 Å². The van der Waals surface area contributed by atoms with E-state index in [9.17, 15) is 4.79 Å². The summed E-state index contributed by atoms with van der Waals surface area (Å²) in [5.74, 6) is 0.418. The highest BCUT2D eigenvalue weighted by Crippen LogP contribution is 2.18. The van der Waals surface area contributed by atoms with E-state index in [2.05, 4.69) is 5.32 Å². The first kappa shape index (κ1) is 13.4. The third kappa shape index (κ3) is 5.26. The SMILES string of the molecule is CC(C)(C)OC(=O)Nc1cccc(O[B]O)c1. The molecular formula is C11H15BNO4. The van der Waals surface area contributed by atoms with Crippen molar-refractivity contribution in [3.63, 3.8) is 0 Å². The van der Waals surface area contributed by atoms with Crippen molar-refractivity contribution in [3.05, 3.63) is 24.3 Å². The summed E-state index contributed by atoms with van der Waals surface area (Å²) in [4.78, 5) is 11.5. The van der Waals surface area contributed by atoms with Gasteiger partial charge < -0.3 is 14.4 Å². The van der Waals surface area contributed by atoms with E-state index in [0.29, 0.717) is 19.1 Å². The molecule has 0 heterocycles. The normalized spacial score (nSPS) is 10.6. The number of carbonyl (C=O) groups is 1. The molecule has 17 heavy (non-hydrogen) atoms. The molecule has 2 N–H and O–H groups in total. The van der Waals surface area contributed by atoms with E-state index in [1.165, 1.54) is 0 Å². The van der Waals surface area contributed by atoms with Crippen LogP contribution in [0.3, 0.4) is 0 Å². The molecule has 0 fully saturated rings. The zero-order valence-electron chi connectivity index (χ0n) is 10.1. The van der Waals surface area contributed by atoms with Crippen molar-refractivity contribution >= 4 is 19.5 Å². The Morgan fingerprint density at radius 3 is 2.71 bits per heavy atom. The van der Waals surface area contributed by atoms with Crippen LogP contribution in [-0.4, -0.2) is 24.4 Å². The molecule has 6 heteroatoms. The minimum absolute atomic E-state index is 0.418.